The lowest BCUT2D eigenvalue weighted by Crippen LogP contribution is -2.52. The van der Waals surface area contributed by atoms with Gasteiger partial charge in [0.25, 0.3) is 0 Å². The number of urea groups is 1. The second-order valence-corrected chi connectivity index (χ2v) is 10.9. The summed E-state index contributed by atoms with van der Waals surface area (Å²) in [5.74, 6) is 0.345. The van der Waals surface area contributed by atoms with Crippen LogP contribution in [0.3, 0.4) is 0 Å². The number of aromatic nitrogens is 3. The summed E-state index contributed by atoms with van der Waals surface area (Å²) in [4.78, 5) is 23.6. The van der Waals surface area contributed by atoms with Crippen molar-refractivity contribution in [3.05, 3.63) is 59.9 Å². The number of carbonyl (C=O) groups is 1. The SMILES string of the molecule is CN(C)CCNc1cc(-c2cc(C3CC(c4ccc(OC(F)(F)F)cc4)CN(C(=O)N4CCOCC4)C3)[nH]n2)ccn1. The molecule has 1 aromatic carbocycles. The van der Waals surface area contributed by atoms with Gasteiger partial charge in [-0.25, -0.2) is 9.78 Å². The summed E-state index contributed by atoms with van der Waals surface area (Å²) in [5.41, 5.74) is 3.42. The van der Waals surface area contributed by atoms with E-state index in [1.54, 1.807) is 23.2 Å². The molecular formula is C29H36F3N7O3. The minimum atomic E-state index is -4.75. The number of aromatic amines is 1. The van der Waals surface area contributed by atoms with Crippen molar-refractivity contribution in [1.29, 1.82) is 0 Å². The third-order valence-corrected chi connectivity index (χ3v) is 7.55. The molecule has 0 spiro atoms. The van der Waals surface area contributed by atoms with Crippen molar-refractivity contribution in [3.8, 4) is 17.0 Å². The molecule has 2 N–H and O–H groups in total. The monoisotopic (exact) mass is 587 g/mol. The third-order valence-electron chi connectivity index (χ3n) is 7.55. The van der Waals surface area contributed by atoms with E-state index < -0.39 is 6.36 Å². The van der Waals surface area contributed by atoms with Gasteiger partial charge in [0.05, 0.1) is 18.9 Å². The van der Waals surface area contributed by atoms with E-state index in [-0.39, 0.29) is 23.6 Å². The summed E-state index contributed by atoms with van der Waals surface area (Å²) < 4.78 is 47.5. The van der Waals surface area contributed by atoms with Gasteiger partial charge in [-0.1, -0.05) is 12.1 Å². The van der Waals surface area contributed by atoms with Crippen molar-refractivity contribution in [2.75, 3.05) is 71.9 Å². The Labute approximate surface area is 242 Å². The highest BCUT2D eigenvalue weighted by molar-refractivity contribution is 5.75. The van der Waals surface area contributed by atoms with Crippen molar-refractivity contribution < 1.29 is 27.4 Å². The molecule has 42 heavy (non-hydrogen) atoms. The summed E-state index contributed by atoms with van der Waals surface area (Å²) in [7, 11) is 4.03. The number of alkyl halides is 3. The molecule has 0 radical (unpaired) electrons. The topological polar surface area (TPSA) is 98.8 Å². The standard InChI is InChI=1S/C29H36F3N7O3/c1-37(2)10-9-34-27-16-21(7-8-33-27)25-17-26(36-35-25)23-15-22(20-3-5-24(6-4-20)42-29(30,31)32)18-39(19-23)28(40)38-11-13-41-14-12-38/h3-8,16-17,22-23H,9-15,18-19H2,1-2H3,(H,33,34)(H,35,36). The summed E-state index contributed by atoms with van der Waals surface area (Å²) >= 11 is 0. The second kappa shape index (κ2) is 13.0. The Morgan fingerprint density at radius 1 is 1.10 bits per heavy atom. The average molecular weight is 588 g/mol. The number of benzene rings is 1. The van der Waals surface area contributed by atoms with Crippen molar-refractivity contribution in [2.24, 2.45) is 0 Å². The number of nitrogens with zero attached hydrogens (tertiary/aromatic N) is 5. The molecule has 2 aliphatic heterocycles. The molecule has 2 aromatic heterocycles. The Balaban J connectivity index is 1.35. The number of amides is 2. The number of piperidine rings is 1. The van der Waals surface area contributed by atoms with E-state index in [4.69, 9.17) is 4.74 Å². The molecule has 13 heteroatoms. The summed E-state index contributed by atoms with van der Waals surface area (Å²) in [6.07, 6.45) is -2.32. The average Bonchev–Trinajstić information content (AvgIpc) is 3.47. The predicted octanol–water partition coefficient (Wildman–Crippen LogP) is 4.37. The Kier molecular flexibility index (Phi) is 9.17. The van der Waals surface area contributed by atoms with Crippen LogP contribution in [0.4, 0.5) is 23.8 Å². The number of likely N-dealkylation sites (N-methyl/N-ethyl adjacent to an activating group) is 1. The van der Waals surface area contributed by atoms with Gasteiger partial charge in [-0.15, -0.1) is 13.2 Å². The van der Waals surface area contributed by atoms with Crippen molar-refractivity contribution >= 4 is 11.8 Å². The molecule has 5 rings (SSSR count). The number of ether oxygens (including phenoxy) is 2. The maximum absolute atomic E-state index is 13.5. The van der Waals surface area contributed by atoms with Crippen molar-refractivity contribution in [3.63, 3.8) is 0 Å². The van der Waals surface area contributed by atoms with Crippen LogP contribution in [0, 0.1) is 0 Å². The van der Waals surface area contributed by atoms with Crippen molar-refractivity contribution in [2.45, 2.75) is 24.6 Å². The first-order valence-electron chi connectivity index (χ1n) is 14.0. The van der Waals surface area contributed by atoms with Gasteiger partial charge in [0.15, 0.2) is 0 Å². The van der Waals surface area contributed by atoms with Crippen LogP contribution in [0.2, 0.25) is 0 Å². The zero-order chi connectivity index (χ0) is 29.7. The fourth-order valence-corrected chi connectivity index (χ4v) is 5.41. The van der Waals surface area contributed by atoms with Crippen LogP contribution in [-0.4, -0.2) is 109 Å². The molecule has 0 bridgehead atoms. The zero-order valence-corrected chi connectivity index (χ0v) is 23.7. The third kappa shape index (κ3) is 7.71. The van der Waals surface area contributed by atoms with Crippen LogP contribution in [0.15, 0.2) is 48.7 Å². The van der Waals surface area contributed by atoms with Crippen molar-refractivity contribution in [1.82, 2.24) is 29.9 Å². The first-order valence-corrected chi connectivity index (χ1v) is 14.0. The molecule has 2 atom stereocenters. The molecule has 2 saturated heterocycles. The Bertz CT molecular complexity index is 1330. The molecule has 2 aliphatic rings. The van der Waals surface area contributed by atoms with Crippen LogP contribution in [0.5, 0.6) is 5.75 Å². The first-order chi connectivity index (χ1) is 20.1. The molecule has 2 amide bonds. The molecule has 2 unspecified atom stereocenters. The summed E-state index contributed by atoms with van der Waals surface area (Å²) in [6.45, 7) is 4.62. The number of H-pyrrole nitrogens is 1. The molecule has 0 aliphatic carbocycles. The molecular weight excluding hydrogens is 551 g/mol. The Morgan fingerprint density at radius 3 is 2.55 bits per heavy atom. The van der Waals surface area contributed by atoms with Crippen LogP contribution >= 0.6 is 0 Å². The van der Waals surface area contributed by atoms with Crippen LogP contribution in [0.1, 0.15) is 29.5 Å². The van der Waals surface area contributed by atoms with Gasteiger partial charge in [0, 0.05) is 68.6 Å². The number of morpholine rings is 1. The second-order valence-electron chi connectivity index (χ2n) is 10.9. The zero-order valence-electron chi connectivity index (χ0n) is 23.7. The number of pyridine rings is 1. The number of hydrogen-bond donors (Lipinski definition) is 2. The van der Waals surface area contributed by atoms with E-state index >= 15 is 0 Å². The largest absolute Gasteiger partial charge is 0.573 e. The number of halogens is 3. The van der Waals surface area contributed by atoms with E-state index in [0.717, 1.165) is 41.4 Å². The smallest absolute Gasteiger partial charge is 0.406 e. The lowest BCUT2D eigenvalue weighted by Gasteiger charge is -2.41. The minimum Gasteiger partial charge on any atom is -0.406 e. The van der Waals surface area contributed by atoms with Crippen LogP contribution in [0.25, 0.3) is 11.3 Å². The lowest BCUT2D eigenvalue weighted by atomic mass is 9.83. The fraction of sp³-hybridized carbons (Fsp3) is 0.483. The van der Waals surface area contributed by atoms with Gasteiger partial charge in [0.2, 0.25) is 0 Å². The molecule has 0 saturated carbocycles. The molecule has 226 valence electrons. The Hall–Kier alpha value is -3.84. The van der Waals surface area contributed by atoms with Gasteiger partial charge < -0.3 is 29.5 Å². The van der Waals surface area contributed by atoms with E-state index in [1.165, 1.54) is 12.1 Å². The number of hydrogen-bond acceptors (Lipinski definition) is 7. The number of nitrogens with one attached hydrogen (secondary N) is 2. The lowest BCUT2D eigenvalue weighted by molar-refractivity contribution is -0.274. The van der Waals surface area contributed by atoms with E-state index in [1.807, 2.05) is 37.2 Å². The van der Waals surface area contributed by atoms with E-state index in [2.05, 4.69) is 30.1 Å². The van der Waals surface area contributed by atoms with Crippen LogP contribution < -0.4 is 10.1 Å². The summed E-state index contributed by atoms with van der Waals surface area (Å²) in [5, 5.41) is 11.1. The highest BCUT2D eigenvalue weighted by atomic mass is 19.4. The highest BCUT2D eigenvalue weighted by Crippen LogP contribution is 2.37. The maximum atomic E-state index is 13.5. The van der Waals surface area contributed by atoms with Gasteiger partial charge >= 0.3 is 12.4 Å². The molecule has 3 aromatic rings. The number of carbonyl (C=O) groups excluding carboxylic acids is 1. The van der Waals surface area contributed by atoms with Gasteiger partial charge in [-0.2, -0.15) is 5.10 Å². The number of likely N-dealkylation sites (tertiary alicyclic amines) is 1. The molecule has 2 fully saturated rings. The normalized spacial score (nSPS) is 19.7. The van der Waals surface area contributed by atoms with E-state index in [0.29, 0.717) is 45.8 Å². The fourth-order valence-electron chi connectivity index (χ4n) is 5.41. The maximum Gasteiger partial charge on any atom is 0.573 e. The number of anilines is 1. The quantitative estimate of drug-likeness (QED) is 0.404. The van der Waals surface area contributed by atoms with Gasteiger partial charge in [-0.3, -0.25) is 5.10 Å². The highest BCUT2D eigenvalue weighted by Gasteiger charge is 2.35. The van der Waals surface area contributed by atoms with Gasteiger partial charge in [0.1, 0.15) is 11.6 Å². The number of rotatable bonds is 8. The Morgan fingerprint density at radius 2 is 1.83 bits per heavy atom. The minimum absolute atomic E-state index is 0.0550. The van der Waals surface area contributed by atoms with Crippen LogP contribution in [-0.2, 0) is 4.74 Å². The first kappa shape index (κ1) is 29.6. The van der Waals surface area contributed by atoms with E-state index in [9.17, 15) is 18.0 Å². The molecule has 10 nitrogen and oxygen atoms in total. The van der Waals surface area contributed by atoms with Gasteiger partial charge in [-0.05, 0) is 56.4 Å². The summed E-state index contributed by atoms with van der Waals surface area (Å²) in [6, 6.07) is 11.7. The predicted molar refractivity (Wildman–Crippen MR) is 151 cm³/mol. The molecule has 4 heterocycles.